The van der Waals surface area contributed by atoms with Gasteiger partial charge in [0.2, 0.25) is 0 Å². The number of Topliss-reactive ketones (excluding diaryl/α,β-unsaturated/α-hetero) is 1. The van der Waals surface area contributed by atoms with Crippen LogP contribution in [0.3, 0.4) is 0 Å². The Hall–Kier alpha value is -1.03. The zero-order valence-electron chi connectivity index (χ0n) is 20.0. The summed E-state index contributed by atoms with van der Waals surface area (Å²) in [6.07, 6.45) is 2.79. The van der Waals surface area contributed by atoms with Crippen molar-refractivity contribution in [3.05, 3.63) is 72.1 Å². The summed E-state index contributed by atoms with van der Waals surface area (Å²) in [4.78, 5) is 13.4. The molecule has 1 N–H and O–H groups in total. The van der Waals surface area contributed by atoms with Crippen molar-refractivity contribution < 1.29 is 47.3 Å². The number of rotatable bonds is 8. The van der Waals surface area contributed by atoms with E-state index < -0.39 is 6.10 Å². The minimum Gasteiger partial charge on any atom is -0.493 e. The zero-order chi connectivity index (χ0) is 22.6. The molecule has 0 amide bonds. The Morgan fingerprint density at radius 3 is 2.44 bits per heavy atom. The molecule has 0 aliphatic heterocycles. The molecule has 0 heterocycles. The topological polar surface area (TPSA) is 46.5 Å². The summed E-state index contributed by atoms with van der Waals surface area (Å²) in [5, 5.41) is 10.3. The van der Waals surface area contributed by atoms with Gasteiger partial charge in [0.1, 0.15) is 11.5 Å². The molecule has 1 aliphatic rings. The Morgan fingerprint density at radius 2 is 1.84 bits per heavy atom. The number of carbonyl (C=O) groups is 1. The Bertz CT molecular complexity index is 869. The quantitative estimate of drug-likeness (QED) is 0.424. The van der Waals surface area contributed by atoms with Crippen molar-refractivity contribution >= 4 is 5.78 Å². The number of carbonyl (C=O) groups excluding carboxylic acids is 1. The van der Waals surface area contributed by atoms with Gasteiger partial charge in [-0.1, -0.05) is 76.1 Å². The average molecular weight is 511 g/mol. The first-order valence-electron chi connectivity index (χ1n) is 11.6. The Labute approximate surface area is 219 Å². The smallest absolute Gasteiger partial charge is 0.143 e. The molecule has 0 aromatic heterocycles. The summed E-state index contributed by atoms with van der Waals surface area (Å²) in [7, 11) is 0. The van der Waals surface area contributed by atoms with Gasteiger partial charge < -0.3 is 16.8 Å². The van der Waals surface area contributed by atoms with Crippen LogP contribution in [-0.4, -0.2) is 17.5 Å². The van der Waals surface area contributed by atoms with Gasteiger partial charge in [-0.05, 0) is 47.4 Å². The van der Waals surface area contributed by atoms with E-state index in [0.717, 1.165) is 31.2 Å². The van der Waals surface area contributed by atoms with Crippen molar-refractivity contribution in [2.75, 3.05) is 6.61 Å². The van der Waals surface area contributed by atoms with E-state index in [9.17, 15) is 9.90 Å². The van der Waals surface area contributed by atoms with Crippen molar-refractivity contribution in [2.24, 2.45) is 17.3 Å². The van der Waals surface area contributed by atoms with Gasteiger partial charge in [-0.2, -0.15) is 6.42 Å². The third-order valence-corrected chi connectivity index (χ3v) is 6.66. The van der Waals surface area contributed by atoms with Gasteiger partial charge in [0.15, 0.2) is 0 Å². The van der Waals surface area contributed by atoms with Crippen LogP contribution in [0.15, 0.2) is 48.5 Å². The minimum absolute atomic E-state index is 0. The number of hydrogen-bond donors (Lipinski definition) is 1. The van der Waals surface area contributed by atoms with Crippen LogP contribution in [-0.2, 0) is 43.9 Å². The zero-order valence-corrected chi connectivity index (χ0v) is 22.9. The number of benzene rings is 2. The minimum atomic E-state index is -0.480. The monoisotopic (exact) mass is 510 g/mol. The fourth-order valence-electron chi connectivity index (χ4n) is 4.71. The van der Waals surface area contributed by atoms with E-state index in [-0.39, 0.29) is 55.9 Å². The first kappa shape index (κ1) is 27.2. The number of hydrogen-bond acceptors (Lipinski definition) is 3. The molecule has 1 radical (unpaired) electrons. The number of aliphatic hydroxyl groups excluding tert-OH is 1. The molecule has 4 heteroatoms. The summed E-state index contributed by atoms with van der Waals surface area (Å²) in [5.74, 6) is 1.03. The molecular weight excluding hydrogens is 473 g/mol. The summed E-state index contributed by atoms with van der Waals surface area (Å²) in [6, 6.07) is 16.2. The van der Waals surface area contributed by atoms with E-state index >= 15 is 0 Å². The fraction of sp³-hybridized carbons (Fsp3) is 0.500. The molecule has 1 aliphatic carbocycles. The predicted octanol–water partition coefficient (Wildman–Crippen LogP) is 6.31. The van der Waals surface area contributed by atoms with Gasteiger partial charge in [-0.3, -0.25) is 4.79 Å². The molecule has 2 aromatic carbocycles. The second-order valence-electron chi connectivity index (χ2n) is 9.95. The van der Waals surface area contributed by atoms with Gasteiger partial charge in [-0.15, -0.1) is 0 Å². The van der Waals surface area contributed by atoms with Gasteiger partial charge in [0, 0.05) is 38.6 Å². The maximum atomic E-state index is 13.4. The number of aliphatic hydroxyl groups is 1. The molecule has 171 valence electrons. The standard InChI is InChI=1S/C28H37O3.Y/c1-6-9-26(29)21-10-8-11-22(16-21)31-18-24-23(17-25(27(24)30)28(3,4)5)20-14-12-19(7-2)13-15-20;/h8,10-16,23-26,29H,2,6-7,9,17-18H2,1,3-5H3;/q-1;/t23-,24-,25?,26?;/m1./s1. The van der Waals surface area contributed by atoms with Crippen LogP contribution in [0.2, 0.25) is 0 Å². The first-order chi connectivity index (χ1) is 14.7. The van der Waals surface area contributed by atoms with E-state index in [0.29, 0.717) is 18.1 Å². The molecule has 2 unspecified atom stereocenters. The SMILES string of the molecule is [CH2-]Cc1ccc([C@H]2CC(C(C)(C)C)C(=O)[C@@H]2COc2cccc(C(O)CCC)c2)cc1.[Y]. The number of ether oxygens (including phenoxy) is 1. The molecular formula is C28H37O3Y-. The van der Waals surface area contributed by atoms with Crippen molar-refractivity contribution in [2.45, 2.75) is 65.4 Å². The van der Waals surface area contributed by atoms with E-state index in [1.807, 2.05) is 24.3 Å². The first-order valence-corrected chi connectivity index (χ1v) is 11.6. The molecule has 0 bridgehead atoms. The molecule has 0 saturated heterocycles. The van der Waals surface area contributed by atoms with Crippen molar-refractivity contribution in [3.8, 4) is 5.75 Å². The molecule has 3 nitrogen and oxygen atoms in total. The maximum Gasteiger partial charge on any atom is 0.143 e. The Morgan fingerprint density at radius 1 is 1.16 bits per heavy atom. The largest absolute Gasteiger partial charge is 0.493 e. The van der Waals surface area contributed by atoms with Crippen LogP contribution in [0.4, 0.5) is 0 Å². The number of ketones is 1. The summed E-state index contributed by atoms with van der Waals surface area (Å²) < 4.78 is 6.15. The van der Waals surface area contributed by atoms with Gasteiger partial charge >= 0.3 is 0 Å². The van der Waals surface area contributed by atoms with Gasteiger partial charge in [-0.25, -0.2) is 0 Å². The molecule has 4 atom stereocenters. The maximum absolute atomic E-state index is 13.4. The van der Waals surface area contributed by atoms with E-state index in [4.69, 9.17) is 4.74 Å². The summed E-state index contributed by atoms with van der Waals surface area (Å²) in [6.45, 7) is 12.8. The molecule has 2 aromatic rings. The summed E-state index contributed by atoms with van der Waals surface area (Å²) in [5.41, 5.74) is 3.21. The van der Waals surface area contributed by atoms with E-state index in [1.165, 1.54) is 11.1 Å². The normalized spacial score (nSPS) is 21.8. The van der Waals surface area contributed by atoms with Crippen LogP contribution in [0.25, 0.3) is 0 Å². The van der Waals surface area contributed by atoms with Crippen LogP contribution in [0.1, 0.15) is 75.7 Å². The third kappa shape index (κ3) is 6.52. The fourth-order valence-corrected chi connectivity index (χ4v) is 4.71. The Kier molecular flexibility index (Phi) is 10.1. The van der Waals surface area contributed by atoms with Gasteiger partial charge in [0.25, 0.3) is 0 Å². The average Bonchev–Trinajstić information content (AvgIpc) is 3.09. The predicted molar refractivity (Wildman–Crippen MR) is 126 cm³/mol. The van der Waals surface area contributed by atoms with Crippen LogP contribution < -0.4 is 4.74 Å². The molecule has 32 heavy (non-hydrogen) atoms. The van der Waals surface area contributed by atoms with Crippen molar-refractivity contribution in [1.29, 1.82) is 0 Å². The van der Waals surface area contributed by atoms with Crippen molar-refractivity contribution in [1.82, 2.24) is 0 Å². The van der Waals surface area contributed by atoms with Gasteiger partial charge in [0.05, 0.1) is 18.6 Å². The van der Waals surface area contributed by atoms with E-state index in [2.05, 4.69) is 58.9 Å². The third-order valence-electron chi connectivity index (χ3n) is 6.66. The Balaban J connectivity index is 0.00000363. The van der Waals surface area contributed by atoms with Crippen LogP contribution in [0, 0.1) is 24.2 Å². The van der Waals surface area contributed by atoms with Crippen LogP contribution in [0.5, 0.6) is 5.75 Å². The molecule has 0 spiro atoms. The molecule has 1 fully saturated rings. The van der Waals surface area contributed by atoms with Crippen molar-refractivity contribution in [3.63, 3.8) is 0 Å². The second kappa shape index (κ2) is 11.9. The van der Waals surface area contributed by atoms with E-state index in [1.54, 1.807) is 0 Å². The second-order valence-corrected chi connectivity index (χ2v) is 9.95. The molecule has 3 rings (SSSR count). The molecule has 1 saturated carbocycles. The summed E-state index contributed by atoms with van der Waals surface area (Å²) >= 11 is 0. The van der Waals surface area contributed by atoms with Crippen LogP contribution >= 0.6 is 0 Å².